The summed E-state index contributed by atoms with van der Waals surface area (Å²) in [6, 6.07) is 7.46. The molecule has 0 bridgehead atoms. The molecule has 6 heteroatoms. The third kappa shape index (κ3) is 7.14. The van der Waals surface area contributed by atoms with Gasteiger partial charge in [0, 0.05) is 24.8 Å². The molecule has 144 valence electrons. The maximum Gasteiger partial charge on any atom is 0.157 e. The molecule has 0 aromatic heterocycles. The van der Waals surface area contributed by atoms with E-state index in [1.54, 1.807) is 0 Å². The molecule has 0 spiro atoms. The van der Waals surface area contributed by atoms with Crippen LogP contribution < -0.4 is 10.5 Å². The summed E-state index contributed by atoms with van der Waals surface area (Å²) in [5, 5.41) is 8.07. The molecule has 0 aliphatic carbocycles. The summed E-state index contributed by atoms with van der Waals surface area (Å²) in [4.78, 5) is 4.40. The second kappa shape index (κ2) is 9.69. The van der Waals surface area contributed by atoms with E-state index in [1.807, 2.05) is 45.0 Å². The highest BCUT2D eigenvalue weighted by atomic mass is 16.7. The standard InChI is InChI=1S/C20H31N3O3/c1-20(2,3)17(21)14-18(22)23-15-7-6-8-16(13-15)24-11-12-26-19-9-4-5-10-25-19/h6-8,13,19,21H,4-5,9-12,14H2,1-3H3,(H2,22,23). The van der Waals surface area contributed by atoms with Crippen molar-refractivity contribution in [1.82, 2.24) is 0 Å². The van der Waals surface area contributed by atoms with E-state index in [-0.39, 0.29) is 11.7 Å². The first kappa shape index (κ1) is 20.4. The number of nitrogens with two attached hydrogens (primary N) is 1. The van der Waals surface area contributed by atoms with Crippen LogP contribution in [0.4, 0.5) is 5.69 Å². The normalized spacial score (nSPS) is 18.6. The lowest BCUT2D eigenvalue weighted by molar-refractivity contribution is -0.165. The van der Waals surface area contributed by atoms with Gasteiger partial charge in [-0.05, 0) is 36.8 Å². The van der Waals surface area contributed by atoms with Crippen molar-refractivity contribution >= 4 is 17.2 Å². The van der Waals surface area contributed by atoms with Crippen molar-refractivity contribution in [2.24, 2.45) is 16.1 Å². The van der Waals surface area contributed by atoms with Gasteiger partial charge in [-0.1, -0.05) is 26.8 Å². The molecule has 1 fully saturated rings. The SMILES string of the molecule is CC(C)(C)C(=N)CC(N)=Nc1cccc(OCCOC2CCCCO2)c1. The molecule has 0 saturated carbocycles. The van der Waals surface area contributed by atoms with E-state index in [4.69, 9.17) is 25.4 Å². The van der Waals surface area contributed by atoms with Gasteiger partial charge >= 0.3 is 0 Å². The first-order valence-electron chi connectivity index (χ1n) is 9.21. The van der Waals surface area contributed by atoms with E-state index in [2.05, 4.69) is 4.99 Å². The van der Waals surface area contributed by atoms with Crippen molar-refractivity contribution in [1.29, 1.82) is 5.41 Å². The highest BCUT2D eigenvalue weighted by Gasteiger charge is 2.18. The van der Waals surface area contributed by atoms with Gasteiger partial charge in [-0.15, -0.1) is 0 Å². The first-order chi connectivity index (χ1) is 12.3. The van der Waals surface area contributed by atoms with Gasteiger partial charge in [-0.3, -0.25) is 0 Å². The van der Waals surface area contributed by atoms with Crippen LogP contribution in [0.15, 0.2) is 29.3 Å². The minimum atomic E-state index is -0.201. The molecule has 3 N–H and O–H groups in total. The van der Waals surface area contributed by atoms with Gasteiger partial charge in [0.2, 0.25) is 0 Å². The zero-order chi connectivity index (χ0) is 19.0. The predicted molar refractivity (Wildman–Crippen MR) is 105 cm³/mol. The van der Waals surface area contributed by atoms with Crippen LogP contribution in [-0.2, 0) is 9.47 Å². The van der Waals surface area contributed by atoms with Crippen LogP contribution in [-0.4, -0.2) is 37.7 Å². The lowest BCUT2D eigenvalue weighted by atomic mass is 9.88. The number of amidine groups is 1. The molecule has 1 aromatic carbocycles. The molecule has 1 aliphatic rings. The summed E-state index contributed by atoms with van der Waals surface area (Å²) >= 11 is 0. The van der Waals surface area contributed by atoms with E-state index in [0.717, 1.165) is 37.3 Å². The molecule has 6 nitrogen and oxygen atoms in total. The Kier molecular flexibility index (Phi) is 7.60. The van der Waals surface area contributed by atoms with Gasteiger partial charge < -0.3 is 25.4 Å². The third-order valence-electron chi connectivity index (χ3n) is 4.15. The summed E-state index contributed by atoms with van der Waals surface area (Å²) in [6.07, 6.45) is 3.49. The lowest BCUT2D eigenvalue weighted by Gasteiger charge is -2.22. The van der Waals surface area contributed by atoms with Crippen molar-refractivity contribution in [2.75, 3.05) is 19.8 Å². The molecule has 1 heterocycles. The van der Waals surface area contributed by atoms with Crippen LogP contribution in [0.1, 0.15) is 46.5 Å². The number of hydrogen-bond acceptors (Lipinski definition) is 5. The average Bonchev–Trinajstić information content (AvgIpc) is 2.59. The van der Waals surface area contributed by atoms with E-state index in [1.165, 1.54) is 0 Å². The highest BCUT2D eigenvalue weighted by molar-refractivity contribution is 6.04. The monoisotopic (exact) mass is 361 g/mol. The number of nitrogens with one attached hydrogen (secondary N) is 1. The Bertz CT molecular complexity index is 617. The molecule has 1 saturated heterocycles. The van der Waals surface area contributed by atoms with Gasteiger partial charge in [0.05, 0.1) is 12.3 Å². The molecule has 1 aromatic rings. The van der Waals surface area contributed by atoms with Crippen LogP contribution in [0, 0.1) is 10.8 Å². The fourth-order valence-corrected chi connectivity index (χ4v) is 2.48. The second-order valence-corrected chi connectivity index (χ2v) is 7.52. The predicted octanol–water partition coefficient (Wildman–Crippen LogP) is 4.05. The number of aliphatic imine (C=N–C) groups is 1. The Hall–Kier alpha value is -1.92. The Morgan fingerprint density at radius 2 is 2.12 bits per heavy atom. The molecular formula is C20H31N3O3. The van der Waals surface area contributed by atoms with Crippen molar-refractivity contribution in [3.63, 3.8) is 0 Å². The van der Waals surface area contributed by atoms with Crippen LogP contribution in [0.5, 0.6) is 5.75 Å². The number of nitrogens with zero attached hydrogens (tertiary/aromatic N) is 1. The molecular weight excluding hydrogens is 330 g/mol. The summed E-state index contributed by atoms with van der Waals surface area (Å²) in [6.45, 7) is 7.71. The molecule has 2 rings (SSSR count). The fraction of sp³-hybridized carbons (Fsp3) is 0.600. The third-order valence-corrected chi connectivity index (χ3v) is 4.15. The summed E-state index contributed by atoms with van der Waals surface area (Å²) in [5.74, 6) is 1.15. The minimum Gasteiger partial charge on any atom is -0.491 e. The zero-order valence-electron chi connectivity index (χ0n) is 16.1. The first-order valence-corrected chi connectivity index (χ1v) is 9.21. The zero-order valence-corrected chi connectivity index (χ0v) is 16.1. The Morgan fingerprint density at radius 3 is 2.81 bits per heavy atom. The van der Waals surface area contributed by atoms with Gasteiger partial charge in [0.25, 0.3) is 0 Å². The van der Waals surface area contributed by atoms with Gasteiger partial charge in [-0.25, -0.2) is 4.99 Å². The molecule has 0 radical (unpaired) electrons. The Morgan fingerprint density at radius 1 is 1.31 bits per heavy atom. The van der Waals surface area contributed by atoms with Crippen LogP contribution in [0.3, 0.4) is 0 Å². The number of rotatable bonds is 8. The minimum absolute atomic E-state index is 0.0961. The van der Waals surface area contributed by atoms with Crippen molar-refractivity contribution in [3.05, 3.63) is 24.3 Å². The van der Waals surface area contributed by atoms with Crippen LogP contribution >= 0.6 is 0 Å². The molecule has 0 amide bonds. The summed E-state index contributed by atoms with van der Waals surface area (Å²) in [7, 11) is 0. The fourth-order valence-electron chi connectivity index (χ4n) is 2.48. The highest BCUT2D eigenvalue weighted by Crippen LogP contribution is 2.22. The Balaban J connectivity index is 1.81. The van der Waals surface area contributed by atoms with Gasteiger partial charge in [-0.2, -0.15) is 0 Å². The van der Waals surface area contributed by atoms with E-state index >= 15 is 0 Å². The average molecular weight is 361 g/mol. The van der Waals surface area contributed by atoms with Crippen molar-refractivity contribution in [3.8, 4) is 5.75 Å². The van der Waals surface area contributed by atoms with Crippen molar-refractivity contribution in [2.45, 2.75) is 52.7 Å². The van der Waals surface area contributed by atoms with Crippen molar-refractivity contribution < 1.29 is 14.2 Å². The van der Waals surface area contributed by atoms with E-state index < -0.39 is 0 Å². The smallest absolute Gasteiger partial charge is 0.157 e. The quantitative estimate of drug-likeness (QED) is 0.415. The molecule has 26 heavy (non-hydrogen) atoms. The van der Waals surface area contributed by atoms with E-state index in [0.29, 0.717) is 31.2 Å². The number of hydrogen-bond donors (Lipinski definition) is 2. The van der Waals surface area contributed by atoms with Crippen LogP contribution in [0.25, 0.3) is 0 Å². The number of ether oxygens (including phenoxy) is 3. The topological polar surface area (TPSA) is 89.9 Å². The van der Waals surface area contributed by atoms with E-state index in [9.17, 15) is 0 Å². The molecule has 1 unspecified atom stereocenters. The lowest BCUT2D eigenvalue weighted by Crippen LogP contribution is -2.25. The van der Waals surface area contributed by atoms with Gasteiger partial charge in [0.15, 0.2) is 6.29 Å². The summed E-state index contributed by atoms with van der Waals surface area (Å²) < 4.78 is 16.9. The number of benzene rings is 1. The van der Waals surface area contributed by atoms with Gasteiger partial charge in [0.1, 0.15) is 18.2 Å². The van der Waals surface area contributed by atoms with Crippen LogP contribution in [0.2, 0.25) is 0 Å². The molecule has 1 atom stereocenters. The second-order valence-electron chi connectivity index (χ2n) is 7.52. The molecule has 1 aliphatic heterocycles. The largest absolute Gasteiger partial charge is 0.491 e. The summed E-state index contributed by atoms with van der Waals surface area (Å²) in [5.41, 5.74) is 7.07. The maximum absolute atomic E-state index is 8.07. The Labute approximate surface area is 156 Å². The maximum atomic E-state index is 8.07.